The second kappa shape index (κ2) is 12.9. The van der Waals surface area contributed by atoms with Gasteiger partial charge in [-0.15, -0.1) is 0 Å². The average Bonchev–Trinajstić information content (AvgIpc) is 3.34. The first-order valence-electron chi connectivity index (χ1n) is 12.7. The number of benzene rings is 2. The minimum absolute atomic E-state index is 0.122. The number of carbonyl (C=O) groups excluding carboxylic acids is 3. The van der Waals surface area contributed by atoms with E-state index in [1.165, 1.54) is 12.0 Å². The minimum atomic E-state index is -1.03. The van der Waals surface area contributed by atoms with Gasteiger partial charge < -0.3 is 24.6 Å². The van der Waals surface area contributed by atoms with Crippen LogP contribution in [0.2, 0.25) is 0 Å². The zero-order valence-electron chi connectivity index (χ0n) is 23.2. The fraction of sp³-hybridized carbons (Fsp3) is 0.379. The van der Waals surface area contributed by atoms with Crippen LogP contribution < -0.4 is 25.0 Å². The van der Waals surface area contributed by atoms with Crippen molar-refractivity contribution in [2.24, 2.45) is 0 Å². The molecular weight excluding hydrogens is 500 g/mol. The molecule has 10 heteroatoms. The van der Waals surface area contributed by atoms with E-state index in [1.54, 1.807) is 68.6 Å². The monoisotopic (exact) mass is 536 g/mol. The number of nitrogens with zero attached hydrogens (tertiary/aromatic N) is 2. The molecule has 3 rings (SSSR count). The van der Waals surface area contributed by atoms with Gasteiger partial charge in [-0.25, -0.2) is 0 Å². The number of aryl methyl sites for hydroxylation is 1. The molecule has 0 saturated heterocycles. The molecule has 208 valence electrons. The van der Waals surface area contributed by atoms with Crippen LogP contribution in [0, 0.1) is 6.92 Å². The number of carbonyl (C=O) groups is 3. The Morgan fingerprint density at radius 1 is 1.00 bits per heavy atom. The van der Waals surface area contributed by atoms with E-state index in [0.29, 0.717) is 34.9 Å². The Labute approximate surface area is 228 Å². The summed E-state index contributed by atoms with van der Waals surface area (Å²) in [6, 6.07) is 14.5. The summed E-state index contributed by atoms with van der Waals surface area (Å²) in [4.78, 5) is 41.7. The Morgan fingerprint density at radius 3 is 2.28 bits per heavy atom. The Balaban J connectivity index is 1.99. The van der Waals surface area contributed by atoms with Crippen LogP contribution in [0.3, 0.4) is 0 Å². The molecule has 39 heavy (non-hydrogen) atoms. The van der Waals surface area contributed by atoms with Crippen molar-refractivity contribution >= 4 is 29.2 Å². The van der Waals surface area contributed by atoms with Gasteiger partial charge in [-0.05, 0) is 57.0 Å². The van der Waals surface area contributed by atoms with Gasteiger partial charge in [0, 0.05) is 36.2 Å². The number of rotatable bonds is 12. The van der Waals surface area contributed by atoms with E-state index in [2.05, 4.69) is 15.8 Å². The van der Waals surface area contributed by atoms with Crippen LogP contribution in [0.5, 0.6) is 11.5 Å². The van der Waals surface area contributed by atoms with E-state index >= 15 is 0 Å². The molecule has 2 aromatic carbocycles. The molecule has 2 N–H and O–H groups in total. The Bertz CT molecular complexity index is 1280. The molecule has 10 nitrogen and oxygen atoms in total. The maximum Gasteiger partial charge on any atom is 0.248 e. The van der Waals surface area contributed by atoms with E-state index in [4.69, 9.17) is 14.0 Å². The molecule has 0 bridgehead atoms. The number of amides is 3. The lowest BCUT2D eigenvalue weighted by Gasteiger charge is -2.35. The average molecular weight is 537 g/mol. The van der Waals surface area contributed by atoms with E-state index in [-0.39, 0.29) is 24.6 Å². The summed E-state index contributed by atoms with van der Waals surface area (Å²) in [5.41, 5.74) is 0.525. The van der Waals surface area contributed by atoms with Crippen molar-refractivity contribution in [2.45, 2.75) is 58.5 Å². The molecule has 0 aliphatic rings. The normalized spacial score (nSPS) is 11.8. The second-order valence-electron chi connectivity index (χ2n) is 9.74. The van der Waals surface area contributed by atoms with Gasteiger partial charge in [-0.3, -0.25) is 19.3 Å². The molecule has 0 fully saturated rings. The number of nitrogens with one attached hydrogen (secondary N) is 2. The van der Waals surface area contributed by atoms with Crippen molar-refractivity contribution in [1.82, 2.24) is 10.5 Å². The maximum absolute atomic E-state index is 13.9. The highest BCUT2D eigenvalue weighted by molar-refractivity contribution is 6.03. The van der Waals surface area contributed by atoms with E-state index in [9.17, 15) is 14.4 Å². The minimum Gasteiger partial charge on any atom is -0.497 e. The lowest BCUT2D eigenvalue weighted by atomic mass is 9.97. The van der Waals surface area contributed by atoms with E-state index in [1.807, 2.05) is 20.8 Å². The van der Waals surface area contributed by atoms with E-state index < -0.39 is 23.4 Å². The third-order valence-corrected chi connectivity index (χ3v) is 6.35. The van der Waals surface area contributed by atoms with Crippen LogP contribution in [0.25, 0.3) is 0 Å². The van der Waals surface area contributed by atoms with Crippen LogP contribution in [0.15, 0.2) is 59.1 Å². The molecule has 0 radical (unpaired) electrons. The number of ether oxygens (including phenoxy) is 2. The first kappa shape index (κ1) is 29.2. The molecule has 1 atom stereocenters. The predicted octanol–water partition coefficient (Wildman–Crippen LogP) is 4.80. The van der Waals surface area contributed by atoms with Crippen molar-refractivity contribution in [3.63, 3.8) is 0 Å². The van der Waals surface area contributed by atoms with Gasteiger partial charge >= 0.3 is 0 Å². The Kier molecular flexibility index (Phi) is 9.70. The number of methoxy groups -OCH3 is 2. The van der Waals surface area contributed by atoms with Crippen molar-refractivity contribution in [2.75, 3.05) is 24.4 Å². The lowest BCUT2D eigenvalue weighted by molar-refractivity contribution is -0.128. The molecule has 3 aromatic rings. The van der Waals surface area contributed by atoms with Crippen LogP contribution in [-0.4, -0.2) is 42.6 Å². The molecule has 0 aliphatic heterocycles. The smallest absolute Gasteiger partial charge is 0.248 e. The van der Waals surface area contributed by atoms with Crippen molar-refractivity contribution in [1.29, 1.82) is 0 Å². The molecular formula is C29H36N4O6. The van der Waals surface area contributed by atoms with Gasteiger partial charge in [-0.2, -0.15) is 0 Å². The number of hydrogen-bond donors (Lipinski definition) is 2. The highest BCUT2D eigenvalue weighted by Crippen LogP contribution is 2.32. The third-order valence-electron chi connectivity index (χ3n) is 6.35. The Morgan fingerprint density at radius 2 is 1.69 bits per heavy atom. The van der Waals surface area contributed by atoms with Crippen LogP contribution in [0.4, 0.5) is 11.5 Å². The van der Waals surface area contributed by atoms with Gasteiger partial charge in [0.25, 0.3) is 0 Å². The van der Waals surface area contributed by atoms with Crippen LogP contribution in [0.1, 0.15) is 57.4 Å². The van der Waals surface area contributed by atoms with Crippen molar-refractivity contribution < 1.29 is 28.4 Å². The SMILES string of the molecule is CCC(C)(C)NC(=O)[C@H](c1ccc(OC)cc1)N(C(=O)CCC(=O)Nc1cc(C)on1)c1cccc(OC)c1. The zero-order chi connectivity index (χ0) is 28.6. The van der Waals surface area contributed by atoms with Gasteiger partial charge in [0.15, 0.2) is 5.82 Å². The molecule has 0 unspecified atom stereocenters. The van der Waals surface area contributed by atoms with Crippen LogP contribution in [-0.2, 0) is 14.4 Å². The van der Waals surface area contributed by atoms with E-state index in [0.717, 1.165) is 0 Å². The van der Waals surface area contributed by atoms with Crippen molar-refractivity contribution in [3.05, 3.63) is 65.9 Å². The van der Waals surface area contributed by atoms with Crippen LogP contribution >= 0.6 is 0 Å². The van der Waals surface area contributed by atoms with Gasteiger partial charge in [0.1, 0.15) is 23.3 Å². The highest BCUT2D eigenvalue weighted by Gasteiger charge is 2.35. The molecule has 3 amide bonds. The first-order chi connectivity index (χ1) is 18.6. The summed E-state index contributed by atoms with van der Waals surface area (Å²) in [5, 5.41) is 9.45. The molecule has 0 saturated carbocycles. The van der Waals surface area contributed by atoms with Gasteiger partial charge in [-0.1, -0.05) is 30.3 Å². The number of anilines is 2. The standard InChI is InChI=1S/C29H36N4O6/c1-7-29(3,4)31-28(36)27(20-11-13-22(37-5)14-12-20)33(21-9-8-10-23(18-21)38-6)26(35)16-15-25(34)30-24-17-19(2)39-32-24/h8-14,17-18,27H,7,15-16H2,1-6H3,(H,31,36)(H,30,32,34)/t27-/m0/s1. The summed E-state index contributed by atoms with van der Waals surface area (Å²) in [6.45, 7) is 7.53. The lowest BCUT2D eigenvalue weighted by Crippen LogP contribution is -2.50. The highest BCUT2D eigenvalue weighted by atomic mass is 16.5. The van der Waals surface area contributed by atoms with Gasteiger partial charge in [0.2, 0.25) is 17.7 Å². The quantitative estimate of drug-likeness (QED) is 0.341. The molecule has 1 aromatic heterocycles. The summed E-state index contributed by atoms with van der Waals surface area (Å²) in [5.74, 6) is 0.782. The fourth-order valence-corrected chi connectivity index (χ4v) is 3.86. The first-order valence-corrected chi connectivity index (χ1v) is 12.7. The molecule has 0 spiro atoms. The maximum atomic E-state index is 13.9. The largest absolute Gasteiger partial charge is 0.497 e. The Hall–Kier alpha value is -4.34. The molecule has 1 heterocycles. The second-order valence-corrected chi connectivity index (χ2v) is 9.74. The fourth-order valence-electron chi connectivity index (χ4n) is 3.86. The summed E-state index contributed by atoms with van der Waals surface area (Å²) >= 11 is 0. The zero-order valence-corrected chi connectivity index (χ0v) is 23.2. The third kappa shape index (κ3) is 7.83. The summed E-state index contributed by atoms with van der Waals surface area (Å²) < 4.78 is 15.7. The summed E-state index contributed by atoms with van der Waals surface area (Å²) in [7, 11) is 3.08. The number of hydrogen-bond acceptors (Lipinski definition) is 7. The van der Waals surface area contributed by atoms with Gasteiger partial charge in [0.05, 0.1) is 14.2 Å². The van der Waals surface area contributed by atoms with Crippen molar-refractivity contribution in [3.8, 4) is 11.5 Å². The number of aromatic nitrogens is 1. The molecule has 0 aliphatic carbocycles. The topological polar surface area (TPSA) is 123 Å². The predicted molar refractivity (Wildman–Crippen MR) is 148 cm³/mol. The summed E-state index contributed by atoms with van der Waals surface area (Å²) in [6.07, 6.45) is 0.405.